The summed E-state index contributed by atoms with van der Waals surface area (Å²) in [4.78, 5) is 14.5. The monoisotopic (exact) mass is 263 g/mol. The summed E-state index contributed by atoms with van der Waals surface area (Å²) in [5, 5.41) is 0. The predicted octanol–water partition coefficient (Wildman–Crippen LogP) is 1.09. The van der Waals surface area contributed by atoms with Gasteiger partial charge in [0.25, 0.3) is 0 Å². The van der Waals surface area contributed by atoms with Crippen molar-refractivity contribution in [2.24, 2.45) is 0 Å². The van der Waals surface area contributed by atoms with E-state index >= 15 is 0 Å². The molecule has 0 aliphatic rings. The molecule has 0 radical (unpaired) electrons. The van der Waals surface area contributed by atoms with E-state index in [4.69, 9.17) is 5.84 Å². The number of fused-ring (bicyclic) bond motifs is 1. The summed E-state index contributed by atoms with van der Waals surface area (Å²) in [6, 6.07) is 0. The van der Waals surface area contributed by atoms with Crippen LogP contribution in [0.5, 0.6) is 0 Å². The fourth-order valence-electron chi connectivity index (χ4n) is 1.43. The van der Waals surface area contributed by atoms with E-state index in [1.165, 1.54) is 0 Å². The van der Waals surface area contributed by atoms with E-state index in [-0.39, 0.29) is 0 Å². The highest BCUT2D eigenvalue weighted by Gasteiger charge is 2.28. The van der Waals surface area contributed by atoms with E-state index in [0.29, 0.717) is 4.68 Å². The van der Waals surface area contributed by atoms with Gasteiger partial charge in [-0.15, -0.1) is 0 Å². The second-order valence-electron chi connectivity index (χ2n) is 3.25. The van der Waals surface area contributed by atoms with Crippen LogP contribution in [0.3, 0.4) is 0 Å². The molecule has 0 aliphatic carbocycles. The zero-order chi connectivity index (χ0) is 13.6. The zero-order valence-corrected chi connectivity index (χ0v) is 8.80. The Morgan fingerprint density at radius 1 is 1.17 bits per heavy atom. The second kappa shape index (κ2) is 3.86. The molecular weight excluding hydrogens is 258 g/mol. The van der Waals surface area contributed by atoms with E-state index in [9.17, 15) is 22.4 Å². The van der Waals surface area contributed by atoms with Crippen LogP contribution in [0.2, 0.25) is 0 Å². The van der Waals surface area contributed by atoms with Crippen LogP contribution in [0, 0.1) is 23.3 Å². The first-order valence-electron chi connectivity index (χ1n) is 4.48. The number of nitrogen functional groups attached to an aromatic ring is 1. The molecule has 1 heterocycles. The maximum absolute atomic E-state index is 13.4. The molecule has 0 spiro atoms. The molecule has 0 bridgehead atoms. The SMILES string of the molecule is COC(=O)c1nc2c(F)c(F)c(F)c(F)c2n1N. The van der Waals surface area contributed by atoms with Gasteiger partial charge in [0.1, 0.15) is 11.0 Å². The van der Waals surface area contributed by atoms with Crippen molar-refractivity contribution in [3.63, 3.8) is 0 Å². The molecule has 2 N–H and O–H groups in total. The number of halogens is 4. The largest absolute Gasteiger partial charge is 0.463 e. The molecule has 0 fully saturated rings. The number of esters is 1. The number of rotatable bonds is 1. The quantitative estimate of drug-likeness (QED) is 0.275. The molecule has 18 heavy (non-hydrogen) atoms. The Bertz CT molecular complexity index is 668. The highest BCUT2D eigenvalue weighted by atomic mass is 19.2. The number of hydrogen-bond acceptors (Lipinski definition) is 4. The summed E-state index contributed by atoms with van der Waals surface area (Å²) in [6.07, 6.45) is 0. The second-order valence-corrected chi connectivity index (χ2v) is 3.25. The Kier molecular flexibility index (Phi) is 2.60. The van der Waals surface area contributed by atoms with Crippen LogP contribution in [0.15, 0.2) is 0 Å². The number of methoxy groups -OCH3 is 1. The van der Waals surface area contributed by atoms with Gasteiger partial charge in [-0.25, -0.2) is 32.0 Å². The molecule has 1 aromatic carbocycles. The van der Waals surface area contributed by atoms with E-state index in [1.807, 2.05) is 0 Å². The van der Waals surface area contributed by atoms with E-state index in [1.54, 1.807) is 0 Å². The molecule has 1 aromatic heterocycles. The minimum atomic E-state index is -2.04. The zero-order valence-electron chi connectivity index (χ0n) is 8.80. The molecule has 0 atom stereocenters. The normalized spacial score (nSPS) is 10.9. The topological polar surface area (TPSA) is 70.1 Å². The van der Waals surface area contributed by atoms with Gasteiger partial charge in [-0.3, -0.25) is 0 Å². The Labute approximate surface area is 96.7 Å². The fraction of sp³-hybridized carbons (Fsp3) is 0.111. The Morgan fingerprint density at radius 2 is 1.72 bits per heavy atom. The number of hydrogen-bond donors (Lipinski definition) is 1. The Morgan fingerprint density at radius 3 is 2.28 bits per heavy atom. The molecule has 0 amide bonds. The summed E-state index contributed by atoms with van der Waals surface area (Å²) < 4.78 is 57.2. The molecule has 2 aromatic rings. The van der Waals surface area contributed by atoms with Crippen molar-refractivity contribution in [2.75, 3.05) is 13.0 Å². The first-order valence-corrected chi connectivity index (χ1v) is 4.48. The van der Waals surface area contributed by atoms with Crippen LogP contribution < -0.4 is 5.84 Å². The van der Waals surface area contributed by atoms with Crippen molar-refractivity contribution in [3.05, 3.63) is 29.1 Å². The Hall–Kier alpha value is -2.32. The van der Waals surface area contributed by atoms with Crippen LogP contribution in [0.1, 0.15) is 10.6 Å². The standard InChI is InChI=1S/C9H5F4N3O2/c1-18-9(17)8-15-6-4(12)2(10)3(11)5(13)7(6)16(8)14/h14H2,1H3. The molecule has 0 saturated carbocycles. The average molecular weight is 263 g/mol. The summed E-state index contributed by atoms with van der Waals surface area (Å²) in [7, 11) is 0.982. The highest BCUT2D eigenvalue weighted by Crippen LogP contribution is 2.26. The third-order valence-electron chi connectivity index (χ3n) is 2.27. The molecule has 96 valence electrons. The first kappa shape index (κ1) is 12.1. The van der Waals surface area contributed by atoms with E-state index in [0.717, 1.165) is 7.11 Å². The number of benzene rings is 1. The van der Waals surface area contributed by atoms with Gasteiger partial charge in [0.15, 0.2) is 23.3 Å². The van der Waals surface area contributed by atoms with Gasteiger partial charge in [0.05, 0.1) is 7.11 Å². The number of nitrogens with zero attached hydrogens (tertiary/aromatic N) is 2. The van der Waals surface area contributed by atoms with Crippen LogP contribution in [0.25, 0.3) is 11.0 Å². The summed E-state index contributed by atoms with van der Waals surface area (Å²) >= 11 is 0. The number of carbonyl (C=O) groups excluding carboxylic acids is 1. The summed E-state index contributed by atoms with van der Waals surface area (Å²) in [5.41, 5.74) is -1.76. The van der Waals surface area contributed by atoms with Crippen molar-refractivity contribution in [3.8, 4) is 0 Å². The van der Waals surface area contributed by atoms with E-state index < -0.39 is 46.1 Å². The molecule has 0 aliphatic heterocycles. The van der Waals surface area contributed by atoms with Gasteiger partial charge < -0.3 is 10.6 Å². The number of nitrogens with two attached hydrogens (primary N) is 1. The minimum Gasteiger partial charge on any atom is -0.463 e. The smallest absolute Gasteiger partial charge is 0.376 e. The summed E-state index contributed by atoms with van der Waals surface area (Å²) in [5.74, 6) is -4.08. The van der Waals surface area contributed by atoms with Gasteiger partial charge in [-0.1, -0.05) is 0 Å². The van der Waals surface area contributed by atoms with Crippen LogP contribution in [-0.4, -0.2) is 22.7 Å². The molecule has 0 unspecified atom stereocenters. The van der Waals surface area contributed by atoms with Crippen LogP contribution in [-0.2, 0) is 4.74 Å². The van der Waals surface area contributed by atoms with Gasteiger partial charge >= 0.3 is 5.97 Å². The molecule has 2 rings (SSSR count). The van der Waals surface area contributed by atoms with Gasteiger partial charge in [0.2, 0.25) is 5.82 Å². The molecule has 9 heteroatoms. The molecule has 0 saturated heterocycles. The first-order chi connectivity index (χ1) is 8.40. The van der Waals surface area contributed by atoms with Gasteiger partial charge in [-0.2, -0.15) is 0 Å². The number of imidazole rings is 1. The lowest BCUT2D eigenvalue weighted by Crippen LogP contribution is -2.18. The maximum Gasteiger partial charge on any atom is 0.376 e. The van der Waals surface area contributed by atoms with E-state index in [2.05, 4.69) is 9.72 Å². The van der Waals surface area contributed by atoms with Gasteiger partial charge in [-0.05, 0) is 0 Å². The summed E-state index contributed by atoms with van der Waals surface area (Å²) in [6.45, 7) is 0. The third kappa shape index (κ3) is 1.40. The molecule has 5 nitrogen and oxygen atoms in total. The Balaban J connectivity index is 2.93. The van der Waals surface area contributed by atoms with Crippen molar-refractivity contribution in [2.45, 2.75) is 0 Å². The molecular formula is C9H5F4N3O2. The minimum absolute atomic E-state index is 0.294. The van der Waals surface area contributed by atoms with Crippen LogP contribution >= 0.6 is 0 Å². The van der Waals surface area contributed by atoms with Gasteiger partial charge in [0, 0.05) is 0 Å². The van der Waals surface area contributed by atoms with Crippen LogP contribution in [0.4, 0.5) is 17.6 Å². The van der Waals surface area contributed by atoms with Crippen molar-refractivity contribution < 1.29 is 27.1 Å². The lowest BCUT2D eigenvalue weighted by molar-refractivity contribution is 0.0584. The number of carbonyl (C=O) groups is 1. The fourth-order valence-corrected chi connectivity index (χ4v) is 1.43. The number of aromatic nitrogens is 2. The lowest BCUT2D eigenvalue weighted by atomic mass is 10.2. The van der Waals surface area contributed by atoms with Crippen molar-refractivity contribution >= 4 is 17.0 Å². The number of ether oxygens (including phenoxy) is 1. The highest BCUT2D eigenvalue weighted by molar-refractivity contribution is 5.91. The lowest BCUT2D eigenvalue weighted by Gasteiger charge is -2.02. The third-order valence-corrected chi connectivity index (χ3v) is 2.27. The van der Waals surface area contributed by atoms with Crippen molar-refractivity contribution in [1.29, 1.82) is 0 Å². The predicted molar refractivity (Wildman–Crippen MR) is 51.1 cm³/mol. The van der Waals surface area contributed by atoms with Crippen molar-refractivity contribution in [1.82, 2.24) is 9.66 Å². The average Bonchev–Trinajstić information content (AvgIpc) is 2.71. The maximum atomic E-state index is 13.4.